The zero-order valence-corrected chi connectivity index (χ0v) is 9.57. The highest BCUT2D eigenvalue weighted by Crippen LogP contribution is 2.23. The summed E-state index contributed by atoms with van der Waals surface area (Å²) >= 11 is 1.63. The van der Waals surface area contributed by atoms with Crippen molar-refractivity contribution in [3.05, 3.63) is 10.6 Å². The molecule has 3 nitrogen and oxygen atoms in total. The van der Waals surface area contributed by atoms with E-state index in [2.05, 4.69) is 16.9 Å². The minimum absolute atomic E-state index is 0.848. The van der Waals surface area contributed by atoms with Crippen LogP contribution < -0.4 is 0 Å². The highest BCUT2D eigenvalue weighted by atomic mass is 32.1. The van der Waals surface area contributed by atoms with Crippen LogP contribution >= 0.6 is 11.3 Å². The maximum atomic E-state index is 4.39. The van der Waals surface area contributed by atoms with Gasteiger partial charge in [-0.2, -0.15) is 0 Å². The van der Waals surface area contributed by atoms with Crippen LogP contribution in [0.4, 0.5) is 5.13 Å². The van der Waals surface area contributed by atoms with Gasteiger partial charge in [0.15, 0.2) is 0 Å². The van der Waals surface area contributed by atoms with Crippen molar-refractivity contribution in [2.24, 2.45) is 4.99 Å². The molecule has 13 heavy (non-hydrogen) atoms. The van der Waals surface area contributed by atoms with Crippen LogP contribution in [-0.4, -0.2) is 29.8 Å². The van der Waals surface area contributed by atoms with Crippen molar-refractivity contribution < 1.29 is 0 Å². The Bertz CT molecular complexity index is 306. The van der Waals surface area contributed by atoms with E-state index in [4.69, 9.17) is 0 Å². The van der Waals surface area contributed by atoms with Crippen LogP contribution in [-0.2, 0) is 0 Å². The number of nitrogens with zero attached hydrogens (tertiary/aromatic N) is 3. The van der Waals surface area contributed by atoms with E-state index in [0.717, 1.165) is 16.7 Å². The number of aryl methyl sites for hydroxylation is 2. The average molecular weight is 197 g/mol. The molecule has 0 aliphatic rings. The zero-order chi connectivity index (χ0) is 10.0. The van der Waals surface area contributed by atoms with Crippen LogP contribution in [0.25, 0.3) is 0 Å². The summed E-state index contributed by atoms with van der Waals surface area (Å²) in [5.41, 5.74) is 1.08. The molecule has 1 heterocycles. The Morgan fingerprint density at radius 1 is 1.38 bits per heavy atom. The van der Waals surface area contributed by atoms with Crippen LogP contribution in [0, 0.1) is 13.8 Å². The molecule has 4 heteroatoms. The highest BCUT2D eigenvalue weighted by molar-refractivity contribution is 7.15. The van der Waals surface area contributed by atoms with Crippen molar-refractivity contribution in [3.8, 4) is 0 Å². The molecule has 72 valence electrons. The second-order valence-electron chi connectivity index (χ2n) is 3.19. The number of hydrogen-bond acceptors (Lipinski definition) is 3. The molecule has 0 unspecified atom stereocenters. The first-order valence-corrected chi connectivity index (χ1v) is 4.99. The standard InChI is InChI=1S/C9H15N3S/c1-6-7(2)13-9(10-6)11-8(3)12(4)5/h1-5H3. The van der Waals surface area contributed by atoms with Gasteiger partial charge < -0.3 is 4.90 Å². The van der Waals surface area contributed by atoms with E-state index in [-0.39, 0.29) is 0 Å². The molecule has 0 aliphatic carbocycles. The van der Waals surface area contributed by atoms with Gasteiger partial charge in [0.2, 0.25) is 5.13 Å². The molecule has 0 aromatic carbocycles. The van der Waals surface area contributed by atoms with Gasteiger partial charge in [-0.3, -0.25) is 0 Å². The molecule has 0 spiro atoms. The Hall–Kier alpha value is -0.900. The number of aromatic nitrogens is 1. The summed E-state index contributed by atoms with van der Waals surface area (Å²) in [4.78, 5) is 11.9. The monoisotopic (exact) mass is 197 g/mol. The number of hydrogen-bond donors (Lipinski definition) is 0. The maximum absolute atomic E-state index is 4.39. The fourth-order valence-corrected chi connectivity index (χ4v) is 1.57. The SMILES string of the molecule is CC(=Nc1nc(C)c(C)s1)N(C)C. The van der Waals surface area contributed by atoms with Gasteiger partial charge in [0.25, 0.3) is 0 Å². The van der Waals surface area contributed by atoms with Crippen molar-refractivity contribution in [1.29, 1.82) is 0 Å². The van der Waals surface area contributed by atoms with Gasteiger partial charge in [-0.1, -0.05) is 11.3 Å². The Balaban J connectivity index is 2.91. The fourth-order valence-electron chi connectivity index (χ4n) is 0.742. The van der Waals surface area contributed by atoms with Crippen LogP contribution in [0.2, 0.25) is 0 Å². The molecular weight excluding hydrogens is 182 g/mol. The Morgan fingerprint density at radius 3 is 2.38 bits per heavy atom. The van der Waals surface area contributed by atoms with Crippen molar-refractivity contribution in [1.82, 2.24) is 9.88 Å². The molecule has 0 N–H and O–H groups in total. The van der Waals surface area contributed by atoms with Crippen LogP contribution in [0.15, 0.2) is 4.99 Å². The molecule has 1 aromatic rings. The first-order valence-electron chi connectivity index (χ1n) is 4.17. The second-order valence-corrected chi connectivity index (χ2v) is 4.37. The number of amidine groups is 1. The first kappa shape index (κ1) is 10.2. The van der Waals surface area contributed by atoms with E-state index in [0.29, 0.717) is 0 Å². The number of aliphatic imine (C=N–C) groups is 1. The lowest BCUT2D eigenvalue weighted by molar-refractivity contribution is 0.619. The van der Waals surface area contributed by atoms with Gasteiger partial charge in [0.1, 0.15) is 5.84 Å². The third-order valence-corrected chi connectivity index (χ3v) is 2.89. The van der Waals surface area contributed by atoms with Crippen molar-refractivity contribution in [2.75, 3.05) is 14.1 Å². The molecule has 0 fully saturated rings. The third-order valence-electron chi connectivity index (χ3n) is 1.92. The van der Waals surface area contributed by atoms with E-state index >= 15 is 0 Å². The van der Waals surface area contributed by atoms with E-state index in [1.165, 1.54) is 4.88 Å². The molecular formula is C9H15N3S. The molecule has 1 aromatic heterocycles. The molecule has 1 rings (SSSR count). The van der Waals surface area contributed by atoms with E-state index in [1.807, 2.05) is 32.8 Å². The Morgan fingerprint density at radius 2 is 2.00 bits per heavy atom. The predicted molar refractivity (Wildman–Crippen MR) is 58.0 cm³/mol. The quantitative estimate of drug-likeness (QED) is 0.511. The molecule has 0 aliphatic heterocycles. The van der Waals surface area contributed by atoms with Crippen LogP contribution in [0.5, 0.6) is 0 Å². The summed E-state index contributed by atoms with van der Waals surface area (Å²) < 4.78 is 0. The predicted octanol–water partition coefficient (Wildman–Crippen LogP) is 2.37. The van der Waals surface area contributed by atoms with Gasteiger partial charge in [-0.25, -0.2) is 9.98 Å². The summed E-state index contributed by atoms with van der Waals surface area (Å²) in [5, 5.41) is 0.848. The summed E-state index contributed by atoms with van der Waals surface area (Å²) in [5.74, 6) is 0.980. The van der Waals surface area contributed by atoms with Gasteiger partial charge in [0.05, 0.1) is 5.69 Å². The average Bonchev–Trinajstić information content (AvgIpc) is 2.31. The van der Waals surface area contributed by atoms with Crippen LogP contribution in [0.3, 0.4) is 0 Å². The minimum atomic E-state index is 0.848. The highest BCUT2D eigenvalue weighted by Gasteiger charge is 2.02. The Labute approximate surface area is 83.1 Å². The second kappa shape index (κ2) is 3.87. The lowest BCUT2D eigenvalue weighted by atomic mass is 10.4. The number of rotatable bonds is 1. The van der Waals surface area contributed by atoms with Gasteiger partial charge in [-0.05, 0) is 20.8 Å². The lowest BCUT2D eigenvalue weighted by Gasteiger charge is -2.09. The zero-order valence-electron chi connectivity index (χ0n) is 8.75. The van der Waals surface area contributed by atoms with Crippen molar-refractivity contribution in [2.45, 2.75) is 20.8 Å². The molecule has 0 atom stereocenters. The number of thiazole rings is 1. The fraction of sp³-hybridized carbons (Fsp3) is 0.556. The maximum Gasteiger partial charge on any atom is 0.211 e. The molecule has 0 saturated heterocycles. The molecule has 0 radical (unpaired) electrons. The molecule has 0 bridgehead atoms. The van der Waals surface area contributed by atoms with Crippen LogP contribution in [0.1, 0.15) is 17.5 Å². The Kier molecular flexibility index (Phi) is 3.03. The summed E-state index contributed by atoms with van der Waals surface area (Å²) in [6, 6.07) is 0. The first-order chi connectivity index (χ1) is 6.00. The van der Waals surface area contributed by atoms with Crippen molar-refractivity contribution >= 4 is 22.3 Å². The van der Waals surface area contributed by atoms with Gasteiger partial charge >= 0.3 is 0 Å². The topological polar surface area (TPSA) is 28.5 Å². The minimum Gasteiger partial charge on any atom is -0.366 e. The third kappa shape index (κ3) is 2.52. The smallest absolute Gasteiger partial charge is 0.211 e. The summed E-state index contributed by atoms with van der Waals surface area (Å²) in [6.45, 7) is 6.05. The van der Waals surface area contributed by atoms with Crippen molar-refractivity contribution in [3.63, 3.8) is 0 Å². The van der Waals surface area contributed by atoms with Gasteiger partial charge in [0, 0.05) is 19.0 Å². The summed E-state index contributed by atoms with van der Waals surface area (Å²) in [6.07, 6.45) is 0. The van der Waals surface area contributed by atoms with E-state index in [1.54, 1.807) is 11.3 Å². The van der Waals surface area contributed by atoms with E-state index in [9.17, 15) is 0 Å². The molecule has 0 amide bonds. The lowest BCUT2D eigenvalue weighted by Crippen LogP contribution is -2.17. The largest absolute Gasteiger partial charge is 0.366 e. The summed E-state index contributed by atoms with van der Waals surface area (Å²) in [7, 11) is 3.96. The van der Waals surface area contributed by atoms with Gasteiger partial charge in [-0.15, -0.1) is 0 Å². The normalized spacial score (nSPS) is 11.9. The van der Waals surface area contributed by atoms with E-state index < -0.39 is 0 Å². The molecule has 0 saturated carbocycles.